The fourth-order valence-electron chi connectivity index (χ4n) is 1.24. The summed E-state index contributed by atoms with van der Waals surface area (Å²) in [7, 11) is -0.570. The van der Waals surface area contributed by atoms with Crippen LogP contribution in [-0.2, 0) is 19.3 Å². The third kappa shape index (κ3) is 3.66. The first kappa shape index (κ1) is 14.9. The number of rotatable bonds is 5. The van der Waals surface area contributed by atoms with Crippen LogP contribution >= 0.6 is 0 Å². The van der Waals surface area contributed by atoms with E-state index in [0.29, 0.717) is 0 Å². The molecule has 0 amide bonds. The lowest BCUT2D eigenvalue weighted by molar-refractivity contribution is -0.155. The smallest absolute Gasteiger partial charge is 0.199 e. The summed E-state index contributed by atoms with van der Waals surface area (Å²) in [6, 6.07) is 6.66. The van der Waals surface area contributed by atoms with Crippen LogP contribution in [0.4, 0.5) is 0 Å². The normalized spacial score (nSPS) is 13.1. The van der Waals surface area contributed by atoms with E-state index in [-0.39, 0.29) is 4.90 Å². The molecule has 0 heterocycles. The van der Waals surface area contributed by atoms with Crippen LogP contribution in [0.15, 0.2) is 40.6 Å². The summed E-state index contributed by atoms with van der Waals surface area (Å²) in [5.74, 6) is -1.04. The molecule has 18 heavy (non-hydrogen) atoms. The van der Waals surface area contributed by atoms with Crippen LogP contribution in [0.2, 0.25) is 0 Å². The van der Waals surface area contributed by atoms with Crippen LogP contribution in [0, 0.1) is 6.92 Å². The van der Waals surface area contributed by atoms with Crippen molar-refractivity contribution in [2.24, 2.45) is 0 Å². The molecule has 0 aliphatic carbocycles. The Morgan fingerprint density at radius 3 is 2.06 bits per heavy atom. The standard InChI is InChI=1S/C13H18O4S/c1-11-5-7-12(8-6-11)18(14,15)10-9-13(2,16-3)17-4/h5-10H,1-4H3/b10-9+. The molecule has 0 aliphatic rings. The topological polar surface area (TPSA) is 52.6 Å². The average Bonchev–Trinajstić information content (AvgIpc) is 2.37. The van der Waals surface area contributed by atoms with Crippen molar-refractivity contribution >= 4 is 9.84 Å². The largest absolute Gasteiger partial charge is 0.350 e. The van der Waals surface area contributed by atoms with E-state index < -0.39 is 15.6 Å². The summed E-state index contributed by atoms with van der Waals surface area (Å²) in [6.45, 7) is 3.54. The molecule has 1 aromatic rings. The number of aryl methyl sites for hydroxylation is 1. The minimum absolute atomic E-state index is 0.249. The zero-order valence-electron chi connectivity index (χ0n) is 11.0. The molecular formula is C13H18O4S. The Labute approximate surface area is 108 Å². The first-order valence-electron chi connectivity index (χ1n) is 5.44. The Hall–Kier alpha value is -1.17. The zero-order valence-corrected chi connectivity index (χ0v) is 11.8. The summed E-state index contributed by atoms with van der Waals surface area (Å²) in [5.41, 5.74) is 1.01. The van der Waals surface area contributed by atoms with Gasteiger partial charge in [-0.15, -0.1) is 0 Å². The maximum absolute atomic E-state index is 12.0. The summed E-state index contributed by atoms with van der Waals surface area (Å²) < 4.78 is 34.2. The molecule has 0 fully saturated rings. The highest BCUT2D eigenvalue weighted by atomic mass is 32.2. The Morgan fingerprint density at radius 2 is 1.61 bits per heavy atom. The van der Waals surface area contributed by atoms with E-state index in [9.17, 15) is 8.42 Å². The molecule has 0 saturated heterocycles. The van der Waals surface area contributed by atoms with Crippen molar-refractivity contribution in [1.82, 2.24) is 0 Å². The molecule has 0 unspecified atom stereocenters. The van der Waals surface area contributed by atoms with Gasteiger partial charge in [-0.2, -0.15) is 0 Å². The SMILES string of the molecule is COC(C)(/C=C/S(=O)(=O)c1ccc(C)cc1)OC. The van der Waals surface area contributed by atoms with Gasteiger partial charge in [-0.25, -0.2) is 8.42 Å². The summed E-state index contributed by atoms with van der Waals surface area (Å²) in [5, 5.41) is 1.10. The molecule has 0 bridgehead atoms. The Balaban J connectivity index is 3.02. The van der Waals surface area contributed by atoms with E-state index in [1.165, 1.54) is 20.3 Å². The van der Waals surface area contributed by atoms with Gasteiger partial charge in [-0.3, -0.25) is 0 Å². The van der Waals surface area contributed by atoms with Crippen LogP contribution in [0.1, 0.15) is 12.5 Å². The third-order valence-corrected chi connectivity index (χ3v) is 4.13. The highest BCUT2D eigenvalue weighted by Gasteiger charge is 2.20. The number of sulfone groups is 1. The lowest BCUT2D eigenvalue weighted by Crippen LogP contribution is -2.26. The molecule has 100 valence electrons. The highest BCUT2D eigenvalue weighted by molar-refractivity contribution is 7.94. The van der Waals surface area contributed by atoms with E-state index >= 15 is 0 Å². The van der Waals surface area contributed by atoms with Crippen molar-refractivity contribution in [3.8, 4) is 0 Å². The van der Waals surface area contributed by atoms with Crippen molar-refractivity contribution in [2.75, 3.05) is 14.2 Å². The second-order valence-electron chi connectivity index (χ2n) is 4.09. The van der Waals surface area contributed by atoms with Crippen molar-refractivity contribution in [3.05, 3.63) is 41.3 Å². The van der Waals surface area contributed by atoms with E-state index in [2.05, 4.69) is 0 Å². The van der Waals surface area contributed by atoms with Crippen molar-refractivity contribution in [1.29, 1.82) is 0 Å². The summed E-state index contributed by atoms with van der Waals surface area (Å²) in [6.07, 6.45) is 1.38. The molecule has 4 nitrogen and oxygen atoms in total. The van der Waals surface area contributed by atoms with Crippen LogP contribution in [0.25, 0.3) is 0 Å². The summed E-state index contributed by atoms with van der Waals surface area (Å²) in [4.78, 5) is 0.249. The molecule has 0 saturated carbocycles. The van der Waals surface area contributed by atoms with E-state index in [1.54, 1.807) is 31.2 Å². The lowest BCUT2D eigenvalue weighted by atomic mass is 10.2. The predicted octanol–water partition coefficient (Wildman–Crippen LogP) is 2.29. The van der Waals surface area contributed by atoms with Gasteiger partial charge in [-0.1, -0.05) is 17.7 Å². The molecule has 1 rings (SSSR count). The van der Waals surface area contributed by atoms with Crippen LogP contribution in [0.3, 0.4) is 0 Å². The minimum Gasteiger partial charge on any atom is -0.350 e. The third-order valence-electron chi connectivity index (χ3n) is 2.71. The minimum atomic E-state index is -3.47. The van der Waals surface area contributed by atoms with Gasteiger partial charge in [0.1, 0.15) is 0 Å². The Morgan fingerprint density at radius 1 is 1.11 bits per heavy atom. The van der Waals surface area contributed by atoms with Gasteiger partial charge < -0.3 is 9.47 Å². The molecule has 0 aromatic heterocycles. The fraction of sp³-hybridized carbons (Fsp3) is 0.385. The second kappa shape index (κ2) is 5.65. The Kier molecular flexibility index (Phi) is 4.67. The van der Waals surface area contributed by atoms with Gasteiger partial charge in [0.2, 0.25) is 0 Å². The number of hydrogen-bond donors (Lipinski definition) is 0. The average molecular weight is 270 g/mol. The van der Waals surface area contributed by atoms with E-state index in [1.807, 2.05) is 6.92 Å². The predicted molar refractivity (Wildman–Crippen MR) is 69.9 cm³/mol. The van der Waals surface area contributed by atoms with Gasteiger partial charge in [0.15, 0.2) is 15.6 Å². The first-order valence-corrected chi connectivity index (χ1v) is 6.99. The number of ether oxygens (including phenoxy) is 2. The second-order valence-corrected chi connectivity index (χ2v) is 5.92. The van der Waals surface area contributed by atoms with Crippen LogP contribution in [0.5, 0.6) is 0 Å². The highest BCUT2D eigenvalue weighted by Crippen LogP contribution is 2.17. The number of methoxy groups -OCH3 is 2. The lowest BCUT2D eigenvalue weighted by Gasteiger charge is -2.21. The first-order chi connectivity index (χ1) is 8.33. The van der Waals surface area contributed by atoms with Gasteiger partial charge in [0, 0.05) is 19.6 Å². The molecule has 0 radical (unpaired) electrons. The molecule has 0 spiro atoms. The van der Waals surface area contributed by atoms with Crippen molar-refractivity contribution < 1.29 is 17.9 Å². The molecule has 0 aliphatic heterocycles. The van der Waals surface area contributed by atoms with Crippen molar-refractivity contribution in [2.45, 2.75) is 24.5 Å². The molecule has 1 aromatic carbocycles. The maximum Gasteiger partial charge on any atom is 0.199 e. The summed E-state index contributed by atoms with van der Waals surface area (Å²) >= 11 is 0. The fourth-order valence-corrected chi connectivity index (χ4v) is 2.34. The zero-order chi connectivity index (χ0) is 13.8. The van der Waals surface area contributed by atoms with Gasteiger partial charge in [-0.05, 0) is 32.1 Å². The van der Waals surface area contributed by atoms with Gasteiger partial charge in [0.05, 0.1) is 4.90 Å². The quantitative estimate of drug-likeness (QED) is 0.770. The molecule has 5 heteroatoms. The van der Waals surface area contributed by atoms with Crippen LogP contribution < -0.4 is 0 Å². The maximum atomic E-state index is 12.0. The molecule has 0 N–H and O–H groups in total. The van der Waals surface area contributed by atoms with Crippen molar-refractivity contribution in [3.63, 3.8) is 0 Å². The van der Waals surface area contributed by atoms with E-state index in [0.717, 1.165) is 11.0 Å². The van der Waals surface area contributed by atoms with E-state index in [4.69, 9.17) is 9.47 Å². The van der Waals surface area contributed by atoms with Gasteiger partial charge in [0.25, 0.3) is 0 Å². The molecular weight excluding hydrogens is 252 g/mol. The monoisotopic (exact) mass is 270 g/mol. The van der Waals surface area contributed by atoms with Gasteiger partial charge >= 0.3 is 0 Å². The number of benzene rings is 1. The molecule has 0 atom stereocenters. The Bertz CT molecular complexity index is 510. The van der Waals surface area contributed by atoms with Crippen LogP contribution in [-0.4, -0.2) is 28.4 Å². The number of hydrogen-bond acceptors (Lipinski definition) is 4.